The van der Waals surface area contributed by atoms with Crippen molar-refractivity contribution in [2.75, 3.05) is 23.3 Å². The van der Waals surface area contributed by atoms with Gasteiger partial charge in [-0.15, -0.1) is 0 Å². The van der Waals surface area contributed by atoms with E-state index in [9.17, 15) is 4.79 Å². The van der Waals surface area contributed by atoms with E-state index in [4.69, 9.17) is 0 Å². The first-order valence-electron chi connectivity index (χ1n) is 8.20. The molecule has 0 bridgehead atoms. The topological polar surface area (TPSA) is 32.3 Å². The molecule has 0 unspecified atom stereocenters. The van der Waals surface area contributed by atoms with Crippen LogP contribution >= 0.6 is 0 Å². The molecule has 0 saturated carbocycles. The minimum absolute atomic E-state index is 0.150. The van der Waals surface area contributed by atoms with Crippen LogP contribution in [0, 0.1) is 20.8 Å². The van der Waals surface area contributed by atoms with Gasteiger partial charge in [-0.1, -0.05) is 30.3 Å². The summed E-state index contributed by atoms with van der Waals surface area (Å²) in [6, 6.07) is 14.3. The molecule has 0 aliphatic rings. The monoisotopic (exact) mass is 310 g/mol. The van der Waals surface area contributed by atoms with E-state index >= 15 is 0 Å². The van der Waals surface area contributed by atoms with Crippen LogP contribution in [-0.4, -0.2) is 19.0 Å². The third-order valence-electron chi connectivity index (χ3n) is 4.05. The average molecular weight is 310 g/mol. The van der Waals surface area contributed by atoms with Crippen molar-refractivity contribution < 1.29 is 4.79 Å². The molecule has 0 aliphatic carbocycles. The van der Waals surface area contributed by atoms with Gasteiger partial charge in [0.25, 0.3) is 0 Å². The molecule has 0 heterocycles. The summed E-state index contributed by atoms with van der Waals surface area (Å²) >= 11 is 0. The number of nitrogens with one attached hydrogen (secondary N) is 1. The highest BCUT2D eigenvalue weighted by molar-refractivity contribution is 5.93. The summed E-state index contributed by atoms with van der Waals surface area (Å²) in [5.74, 6) is 0.150. The summed E-state index contributed by atoms with van der Waals surface area (Å²) in [6.45, 7) is 9.56. The summed E-state index contributed by atoms with van der Waals surface area (Å²) in [5.41, 5.74) is 5.71. The molecule has 0 atom stereocenters. The number of nitrogens with zero attached hydrogens (tertiary/aromatic N) is 1. The van der Waals surface area contributed by atoms with Crippen molar-refractivity contribution in [2.45, 2.75) is 34.1 Å². The molecule has 3 nitrogen and oxygen atoms in total. The van der Waals surface area contributed by atoms with Crippen molar-refractivity contribution in [2.24, 2.45) is 0 Å². The van der Waals surface area contributed by atoms with Crippen LogP contribution in [-0.2, 0) is 4.79 Å². The van der Waals surface area contributed by atoms with E-state index in [1.807, 2.05) is 36.9 Å². The number of benzene rings is 2. The van der Waals surface area contributed by atoms with Crippen molar-refractivity contribution in [3.8, 4) is 0 Å². The zero-order valence-electron chi connectivity index (χ0n) is 14.5. The summed E-state index contributed by atoms with van der Waals surface area (Å²) in [4.78, 5) is 14.4. The van der Waals surface area contributed by atoms with E-state index in [1.54, 1.807) is 0 Å². The Morgan fingerprint density at radius 3 is 2.30 bits per heavy atom. The highest BCUT2D eigenvalue weighted by Gasteiger charge is 2.13. The molecule has 1 N–H and O–H groups in total. The summed E-state index contributed by atoms with van der Waals surface area (Å²) in [7, 11) is 0. The van der Waals surface area contributed by atoms with Crippen molar-refractivity contribution in [1.82, 2.24) is 0 Å². The lowest BCUT2D eigenvalue weighted by molar-refractivity contribution is -0.118. The van der Waals surface area contributed by atoms with Gasteiger partial charge in [0.15, 0.2) is 0 Å². The number of hydrogen-bond donors (Lipinski definition) is 1. The lowest BCUT2D eigenvalue weighted by Gasteiger charge is -2.22. The highest BCUT2D eigenvalue weighted by atomic mass is 16.2. The predicted molar refractivity (Wildman–Crippen MR) is 98.2 cm³/mol. The molecule has 2 aromatic rings. The van der Waals surface area contributed by atoms with Crippen LogP contribution in [0.5, 0.6) is 0 Å². The minimum Gasteiger partial charge on any atom is -0.384 e. The predicted octanol–water partition coefficient (Wildman–Crippen LogP) is 4.47. The quantitative estimate of drug-likeness (QED) is 0.854. The maximum Gasteiger partial charge on any atom is 0.228 e. The van der Waals surface area contributed by atoms with E-state index in [0.29, 0.717) is 19.5 Å². The van der Waals surface area contributed by atoms with Gasteiger partial charge in [-0.05, 0) is 56.5 Å². The summed E-state index contributed by atoms with van der Waals surface area (Å²) in [6.07, 6.45) is 0.482. The molecule has 0 fully saturated rings. The first-order chi connectivity index (χ1) is 11.0. The molecule has 2 rings (SSSR count). The fourth-order valence-corrected chi connectivity index (χ4v) is 2.82. The van der Waals surface area contributed by atoms with Gasteiger partial charge < -0.3 is 10.2 Å². The molecule has 0 aromatic heterocycles. The van der Waals surface area contributed by atoms with Crippen LogP contribution < -0.4 is 10.2 Å². The standard InChI is InChI=1S/C20H26N2O/c1-5-22(18-11-6-8-15(2)14-18)19(23)12-13-21-20-16(3)9-7-10-17(20)4/h6-11,14,21H,5,12-13H2,1-4H3. The molecule has 0 spiro atoms. The van der Waals surface area contributed by atoms with Crippen LogP contribution in [0.25, 0.3) is 0 Å². The van der Waals surface area contributed by atoms with Crippen LogP contribution in [0.2, 0.25) is 0 Å². The minimum atomic E-state index is 0.150. The molecular weight excluding hydrogens is 284 g/mol. The molecule has 0 aliphatic heterocycles. The van der Waals surface area contributed by atoms with Gasteiger partial charge in [-0.2, -0.15) is 0 Å². The molecule has 0 radical (unpaired) electrons. The summed E-state index contributed by atoms with van der Waals surface area (Å²) < 4.78 is 0. The Kier molecular flexibility index (Phi) is 5.80. The van der Waals surface area contributed by atoms with Crippen molar-refractivity contribution in [3.63, 3.8) is 0 Å². The number of carbonyl (C=O) groups is 1. The number of anilines is 2. The second-order valence-corrected chi connectivity index (χ2v) is 5.92. The highest BCUT2D eigenvalue weighted by Crippen LogP contribution is 2.20. The Bertz CT molecular complexity index is 659. The molecular formula is C20H26N2O. The van der Waals surface area contributed by atoms with Crippen LogP contribution in [0.3, 0.4) is 0 Å². The number of rotatable bonds is 6. The summed E-state index contributed by atoms with van der Waals surface area (Å²) in [5, 5.41) is 3.41. The van der Waals surface area contributed by atoms with E-state index < -0.39 is 0 Å². The second-order valence-electron chi connectivity index (χ2n) is 5.92. The number of carbonyl (C=O) groups excluding carboxylic acids is 1. The maximum atomic E-state index is 12.5. The first kappa shape index (κ1) is 17.1. The SMILES string of the molecule is CCN(C(=O)CCNc1c(C)cccc1C)c1cccc(C)c1. The number of amides is 1. The molecule has 1 amide bonds. The van der Waals surface area contributed by atoms with Gasteiger partial charge in [-0.25, -0.2) is 0 Å². The first-order valence-corrected chi connectivity index (χ1v) is 8.20. The van der Waals surface area contributed by atoms with Crippen molar-refractivity contribution >= 4 is 17.3 Å². The van der Waals surface area contributed by atoms with Crippen molar-refractivity contribution in [1.29, 1.82) is 0 Å². The maximum absolute atomic E-state index is 12.5. The molecule has 23 heavy (non-hydrogen) atoms. The molecule has 3 heteroatoms. The van der Waals surface area contributed by atoms with Gasteiger partial charge in [0, 0.05) is 30.9 Å². The van der Waals surface area contributed by atoms with Gasteiger partial charge in [0.2, 0.25) is 5.91 Å². The average Bonchev–Trinajstić information content (AvgIpc) is 2.51. The number of para-hydroxylation sites is 1. The van der Waals surface area contributed by atoms with Gasteiger partial charge >= 0.3 is 0 Å². The smallest absolute Gasteiger partial charge is 0.228 e. The van der Waals surface area contributed by atoms with Gasteiger partial charge in [0.1, 0.15) is 0 Å². The van der Waals surface area contributed by atoms with E-state index in [1.165, 1.54) is 16.7 Å². The molecule has 122 valence electrons. The third-order valence-corrected chi connectivity index (χ3v) is 4.05. The third kappa shape index (κ3) is 4.35. The largest absolute Gasteiger partial charge is 0.384 e. The van der Waals surface area contributed by atoms with E-state index in [-0.39, 0.29) is 5.91 Å². The lowest BCUT2D eigenvalue weighted by Crippen LogP contribution is -2.32. The number of aryl methyl sites for hydroxylation is 3. The van der Waals surface area contributed by atoms with E-state index in [0.717, 1.165) is 11.4 Å². The van der Waals surface area contributed by atoms with E-state index in [2.05, 4.69) is 43.4 Å². The second kappa shape index (κ2) is 7.82. The lowest BCUT2D eigenvalue weighted by atomic mass is 10.1. The Labute approximate surface area is 139 Å². The fourth-order valence-electron chi connectivity index (χ4n) is 2.82. The Morgan fingerprint density at radius 2 is 1.70 bits per heavy atom. The van der Waals surface area contributed by atoms with Gasteiger partial charge in [0.05, 0.1) is 0 Å². The molecule has 0 saturated heterocycles. The Morgan fingerprint density at radius 1 is 1.04 bits per heavy atom. The van der Waals surface area contributed by atoms with Crippen molar-refractivity contribution in [3.05, 3.63) is 59.2 Å². The van der Waals surface area contributed by atoms with Crippen LogP contribution in [0.1, 0.15) is 30.0 Å². The van der Waals surface area contributed by atoms with Crippen LogP contribution in [0.4, 0.5) is 11.4 Å². The zero-order valence-corrected chi connectivity index (χ0v) is 14.5. The Balaban J connectivity index is 1.98. The number of hydrogen-bond acceptors (Lipinski definition) is 2. The zero-order chi connectivity index (χ0) is 16.8. The van der Waals surface area contributed by atoms with Gasteiger partial charge in [-0.3, -0.25) is 4.79 Å². The van der Waals surface area contributed by atoms with Crippen LogP contribution in [0.15, 0.2) is 42.5 Å². The molecule has 2 aromatic carbocycles. The Hall–Kier alpha value is -2.29. The fraction of sp³-hybridized carbons (Fsp3) is 0.350. The normalized spacial score (nSPS) is 10.4.